The average molecular weight is 421 g/mol. The molecule has 1 atom stereocenters. The number of rotatable bonds is 6. The van der Waals surface area contributed by atoms with Crippen molar-refractivity contribution in [1.82, 2.24) is 14.8 Å². The molecule has 0 fully saturated rings. The van der Waals surface area contributed by atoms with E-state index in [1.165, 1.54) is 24.5 Å². The summed E-state index contributed by atoms with van der Waals surface area (Å²) in [5.74, 6) is -0.592. The van der Waals surface area contributed by atoms with Crippen LogP contribution in [0.2, 0.25) is 5.15 Å². The van der Waals surface area contributed by atoms with Gasteiger partial charge in [-0.05, 0) is 38.0 Å². The number of esters is 1. The first-order valence-electron chi connectivity index (χ1n) is 8.85. The van der Waals surface area contributed by atoms with Gasteiger partial charge in [-0.15, -0.1) is 11.3 Å². The molecule has 3 heterocycles. The summed E-state index contributed by atoms with van der Waals surface area (Å²) >= 11 is 7.25. The minimum Gasteiger partial charge on any atom is -0.448 e. The highest BCUT2D eigenvalue weighted by Crippen LogP contribution is 2.29. The highest BCUT2D eigenvalue weighted by molar-refractivity contribution is 7.20. The predicted octanol–water partition coefficient (Wildman–Crippen LogP) is 4.29. The third-order valence-electron chi connectivity index (χ3n) is 4.02. The lowest BCUT2D eigenvalue weighted by molar-refractivity contribution is -0.123. The largest absolute Gasteiger partial charge is 0.448 e. The Balaban J connectivity index is 1.71. The van der Waals surface area contributed by atoms with Gasteiger partial charge < -0.3 is 10.1 Å². The fourth-order valence-electron chi connectivity index (χ4n) is 2.67. The number of thiophene rings is 1. The van der Waals surface area contributed by atoms with Gasteiger partial charge in [-0.25, -0.2) is 9.78 Å². The molecular weight excluding hydrogens is 400 g/mol. The van der Waals surface area contributed by atoms with Crippen molar-refractivity contribution in [2.45, 2.75) is 40.3 Å². The molecule has 0 bridgehead atoms. The van der Waals surface area contributed by atoms with E-state index in [0.717, 1.165) is 22.5 Å². The van der Waals surface area contributed by atoms with Crippen LogP contribution in [0, 0.1) is 12.8 Å². The van der Waals surface area contributed by atoms with Crippen molar-refractivity contribution in [2.75, 3.05) is 5.32 Å². The quantitative estimate of drug-likeness (QED) is 0.474. The molecule has 9 heteroatoms. The second-order valence-electron chi connectivity index (χ2n) is 6.87. The van der Waals surface area contributed by atoms with Crippen LogP contribution in [0.1, 0.15) is 36.1 Å². The molecule has 28 heavy (non-hydrogen) atoms. The van der Waals surface area contributed by atoms with E-state index in [0.29, 0.717) is 16.5 Å². The van der Waals surface area contributed by atoms with Crippen molar-refractivity contribution in [3.05, 3.63) is 40.1 Å². The van der Waals surface area contributed by atoms with Crippen LogP contribution in [-0.2, 0) is 16.1 Å². The van der Waals surface area contributed by atoms with Gasteiger partial charge in [-0.3, -0.25) is 9.48 Å². The van der Waals surface area contributed by atoms with E-state index >= 15 is 0 Å². The number of ether oxygens (including phenoxy) is 1. The lowest BCUT2D eigenvalue weighted by Crippen LogP contribution is -2.29. The molecule has 1 N–H and O–H groups in total. The van der Waals surface area contributed by atoms with Gasteiger partial charge in [-0.1, -0.05) is 25.4 Å². The fourth-order valence-corrected chi connectivity index (χ4v) is 3.89. The average Bonchev–Trinajstić information content (AvgIpc) is 3.18. The van der Waals surface area contributed by atoms with Gasteiger partial charge in [0, 0.05) is 18.1 Å². The molecule has 3 rings (SSSR count). The van der Waals surface area contributed by atoms with Crippen molar-refractivity contribution in [2.24, 2.45) is 5.92 Å². The summed E-state index contributed by atoms with van der Waals surface area (Å²) in [5.41, 5.74) is 1.23. The summed E-state index contributed by atoms with van der Waals surface area (Å²) < 4.78 is 7.25. The summed E-state index contributed by atoms with van der Waals surface area (Å²) in [6, 6.07) is 5.04. The second-order valence-corrected chi connectivity index (χ2v) is 8.26. The van der Waals surface area contributed by atoms with Crippen LogP contribution in [-0.4, -0.2) is 32.7 Å². The molecule has 148 valence electrons. The number of pyridine rings is 1. The number of amides is 1. The van der Waals surface area contributed by atoms with Crippen LogP contribution in [0.5, 0.6) is 0 Å². The van der Waals surface area contributed by atoms with E-state index in [2.05, 4.69) is 29.2 Å². The molecule has 0 aliphatic heterocycles. The molecule has 3 aromatic heterocycles. The monoisotopic (exact) mass is 420 g/mol. The fraction of sp³-hybridized carbons (Fsp3) is 0.368. The highest BCUT2D eigenvalue weighted by Gasteiger charge is 2.23. The number of hydrogen-bond acceptors (Lipinski definition) is 6. The van der Waals surface area contributed by atoms with Crippen LogP contribution in [0.4, 0.5) is 5.69 Å². The van der Waals surface area contributed by atoms with Crippen LogP contribution in [0.25, 0.3) is 10.2 Å². The minimum atomic E-state index is -0.984. The lowest BCUT2D eigenvalue weighted by Gasteiger charge is -2.13. The first kappa shape index (κ1) is 20.3. The minimum absolute atomic E-state index is 0.170. The van der Waals surface area contributed by atoms with Crippen LogP contribution < -0.4 is 5.32 Å². The SMILES string of the molecule is Cc1nn(CC(C)C)c2sc(C(=O)OC(C)C(=O)Nc3cccnc3Cl)cc12. The van der Waals surface area contributed by atoms with Gasteiger partial charge in [0.15, 0.2) is 11.3 Å². The maximum absolute atomic E-state index is 12.5. The number of carbonyl (C=O) groups is 2. The Morgan fingerprint density at radius 1 is 1.36 bits per heavy atom. The number of nitrogens with zero attached hydrogens (tertiary/aromatic N) is 3. The van der Waals surface area contributed by atoms with E-state index in [-0.39, 0.29) is 5.15 Å². The zero-order valence-electron chi connectivity index (χ0n) is 16.0. The van der Waals surface area contributed by atoms with Crippen LogP contribution in [0.3, 0.4) is 0 Å². The number of halogens is 1. The summed E-state index contributed by atoms with van der Waals surface area (Å²) in [7, 11) is 0. The number of fused-ring (bicyclic) bond motifs is 1. The number of nitrogens with one attached hydrogen (secondary N) is 1. The number of aryl methyl sites for hydroxylation is 1. The molecule has 0 aliphatic carbocycles. The van der Waals surface area contributed by atoms with Crippen molar-refractivity contribution >= 4 is 50.7 Å². The Kier molecular flexibility index (Phi) is 6.00. The van der Waals surface area contributed by atoms with Crippen LogP contribution >= 0.6 is 22.9 Å². The van der Waals surface area contributed by atoms with Gasteiger partial charge in [0.1, 0.15) is 9.71 Å². The number of carbonyl (C=O) groups excluding carboxylic acids is 2. The smallest absolute Gasteiger partial charge is 0.349 e. The van der Waals surface area contributed by atoms with Gasteiger partial charge in [0.2, 0.25) is 0 Å². The van der Waals surface area contributed by atoms with Crippen LogP contribution in [0.15, 0.2) is 24.4 Å². The molecule has 0 aliphatic rings. The lowest BCUT2D eigenvalue weighted by atomic mass is 10.2. The van der Waals surface area contributed by atoms with Gasteiger partial charge in [0.05, 0.1) is 11.4 Å². The van der Waals surface area contributed by atoms with E-state index in [9.17, 15) is 9.59 Å². The second kappa shape index (κ2) is 8.28. The molecule has 7 nitrogen and oxygen atoms in total. The zero-order chi connectivity index (χ0) is 20.4. The predicted molar refractivity (Wildman–Crippen MR) is 110 cm³/mol. The maximum Gasteiger partial charge on any atom is 0.349 e. The molecular formula is C19H21ClN4O3S. The summed E-state index contributed by atoms with van der Waals surface area (Å²) in [6.07, 6.45) is 0.535. The molecule has 1 amide bonds. The van der Waals surface area contributed by atoms with Crippen molar-refractivity contribution < 1.29 is 14.3 Å². The number of aromatic nitrogens is 3. The Morgan fingerprint density at radius 3 is 2.79 bits per heavy atom. The Labute approximate surface area is 171 Å². The van der Waals surface area contributed by atoms with E-state index in [4.69, 9.17) is 16.3 Å². The first-order chi connectivity index (χ1) is 13.3. The highest BCUT2D eigenvalue weighted by atomic mass is 35.5. The number of hydrogen-bond donors (Lipinski definition) is 1. The first-order valence-corrected chi connectivity index (χ1v) is 10.0. The van der Waals surface area contributed by atoms with Crippen molar-refractivity contribution in [3.63, 3.8) is 0 Å². The molecule has 0 saturated heterocycles. The number of anilines is 1. The molecule has 0 aromatic carbocycles. The summed E-state index contributed by atoms with van der Waals surface area (Å²) in [4.78, 5) is 30.1. The van der Waals surface area contributed by atoms with E-state index in [1.54, 1.807) is 18.2 Å². The summed E-state index contributed by atoms with van der Waals surface area (Å²) in [5, 5.41) is 8.23. The third kappa shape index (κ3) is 4.34. The van der Waals surface area contributed by atoms with E-state index in [1.807, 2.05) is 11.6 Å². The Hall–Kier alpha value is -2.45. The Morgan fingerprint density at radius 2 is 2.11 bits per heavy atom. The maximum atomic E-state index is 12.5. The topological polar surface area (TPSA) is 86.1 Å². The van der Waals surface area contributed by atoms with Crippen molar-refractivity contribution in [3.8, 4) is 0 Å². The molecule has 3 aromatic rings. The van der Waals surface area contributed by atoms with Crippen molar-refractivity contribution in [1.29, 1.82) is 0 Å². The van der Waals surface area contributed by atoms with Gasteiger partial charge >= 0.3 is 5.97 Å². The Bertz CT molecular complexity index is 1030. The molecule has 0 spiro atoms. The van der Waals surface area contributed by atoms with E-state index < -0.39 is 18.0 Å². The summed E-state index contributed by atoms with van der Waals surface area (Å²) in [6.45, 7) is 8.41. The standard InChI is InChI=1S/C19H21ClN4O3S/c1-10(2)9-24-18-13(11(3)23-24)8-15(28-18)19(26)27-12(4)17(25)22-14-6-5-7-21-16(14)20/h5-8,10,12H,9H2,1-4H3,(H,22,25). The molecule has 1 unspecified atom stereocenters. The third-order valence-corrected chi connectivity index (χ3v) is 5.45. The molecule has 0 radical (unpaired) electrons. The molecule has 0 saturated carbocycles. The zero-order valence-corrected chi connectivity index (χ0v) is 17.6. The normalized spacial score (nSPS) is 12.4. The van der Waals surface area contributed by atoms with Gasteiger partial charge in [-0.2, -0.15) is 5.10 Å². The van der Waals surface area contributed by atoms with Gasteiger partial charge in [0.25, 0.3) is 5.91 Å².